The number of hydrogen-bond acceptors (Lipinski definition) is 3. The molecule has 1 fully saturated rings. The number of carbonyl (C=O) groups excluding carboxylic acids is 1. The molecule has 3 N–H and O–H groups in total. The third kappa shape index (κ3) is 6.35. The van der Waals surface area contributed by atoms with E-state index in [2.05, 4.69) is 45.0 Å². The van der Waals surface area contributed by atoms with Crippen LogP contribution in [-0.2, 0) is 4.79 Å². The van der Waals surface area contributed by atoms with Crippen molar-refractivity contribution in [2.24, 2.45) is 17.1 Å². The maximum Gasteiger partial charge on any atom is 0.220 e. The zero-order valence-corrected chi connectivity index (χ0v) is 14.6. The van der Waals surface area contributed by atoms with Crippen molar-refractivity contribution in [1.29, 1.82) is 0 Å². The first-order valence-electron chi connectivity index (χ1n) is 8.43. The summed E-state index contributed by atoms with van der Waals surface area (Å²) in [4.78, 5) is 14.5. The molecule has 4 heteroatoms. The Balaban J connectivity index is 2.36. The Morgan fingerprint density at radius 1 is 1.38 bits per heavy atom. The summed E-state index contributed by atoms with van der Waals surface area (Å²) in [5.74, 6) is 0.729. The van der Waals surface area contributed by atoms with Crippen LogP contribution in [0, 0.1) is 11.3 Å². The van der Waals surface area contributed by atoms with Crippen molar-refractivity contribution in [2.45, 2.75) is 71.9 Å². The van der Waals surface area contributed by atoms with Crippen molar-refractivity contribution in [3.63, 3.8) is 0 Å². The molecule has 124 valence electrons. The molecule has 0 spiro atoms. The van der Waals surface area contributed by atoms with Gasteiger partial charge in [0.25, 0.3) is 0 Å². The van der Waals surface area contributed by atoms with Gasteiger partial charge in [-0.2, -0.15) is 0 Å². The summed E-state index contributed by atoms with van der Waals surface area (Å²) in [5, 5.41) is 3.22. The Morgan fingerprint density at radius 3 is 2.57 bits per heavy atom. The molecule has 0 aliphatic carbocycles. The van der Waals surface area contributed by atoms with Crippen LogP contribution in [0.3, 0.4) is 0 Å². The van der Waals surface area contributed by atoms with Crippen molar-refractivity contribution in [3.8, 4) is 0 Å². The van der Waals surface area contributed by atoms with Gasteiger partial charge in [0.05, 0.1) is 0 Å². The lowest BCUT2D eigenvalue weighted by molar-refractivity contribution is -0.122. The molecule has 4 nitrogen and oxygen atoms in total. The summed E-state index contributed by atoms with van der Waals surface area (Å²) in [5.41, 5.74) is 5.93. The maximum absolute atomic E-state index is 12.2. The average molecular weight is 297 g/mol. The number of nitrogens with one attached hydrogen (secondary N) is 1. The fourth-order valence-electron chi connectivity index (χ4n) is 3.24. The van der Waals surface area contributed by atoms with Crippen molar-refractivity contribution in [2.75, 3.05) is 20.1 Å². The topological polar surface area (TPSA) is 58.4 Å². The third-order valence-corrected chi connectivity index (χ3v) is 5.03. The van der Waals surface area contributed by atoms with E-state index < -0.39 is 0 Å². The van der Waals surface area contributed by atoms with Gasteiger partial charge in [-0.1, -0.05) is 20.8 Å². The molecule has 1 aliphatic heterocycles. The molecular formula is C17H35N3O. The lowest BCUT2D eigenvalue weighted by Gasteiger charge is -2.35. The standard InChI is InChI=1S/C17H35N3O/c1-13-12-15(9-11-20(13)5)19-16(21)7-6-14(8-10-18)17(2,3)4/h13-15H,6-12,18H2,1-5H3,(H,19,21). The van der Waals surface area contributed by atoms with Gasteiger partial charge in [-0.15, -0.1) is 0 Å². The van der Waals surface area contributed by atoms with Crippen LogP contribution in [0.4, 0.5) is 0 Å². The minimum Gasteiger partial charge on any atom is -0.353 e. The van der Waals surface area contributed by atoms with Crippen LogP contribution in [0.5, 0.6) is 0 Å². The molecule has 0 saturated carbocycles. The van der Waals surface area contributed by atoms with Gasteiger partial charge >= 0.3 is 0 Å². The average Bonchev–Trinajstić information content (AvgIpc) is 2.37. The van der Waals surface area contributed by atoms with Gasteiger partial charge in [-0.25, -0.2) is 0 Å². The molecule has 1 rings (SSSR count). The highest BCUT2D eigenvalue weighted by molar-refractivity contribution is 5.76. The summed E-state index contributed by atoms with van der Waals surface area (Å²) in [7, 11) is 2.16. The fraction of sp³-hybridized carbons (Fsp3) is 0.941. The van der Waals surface area contributed by atoms with Gasteiger partial charge in [-0.05, 0) is 57.5 Å². The van der Waals surface area contributed by atoms with E-state index in [0.29, 0.717) is 31.0 Å². The Kier molecular flexibility index (Phi) is 7.14. The molecule has 1 saturated heterocycles. The van der Waals surface area contributed by atoms with Crippen LogP contribution in [0.25, 0.3) is 0 Å². The SMILES string of the molecule is CC1CC(NC(=O)CCC(CCN)C(C)(C)C)CCN1C. The number of piperidine rings is 1. The van der Waals surface area contributed by atoms with Gasteiger partial charge in [0.15, 0.2) is 0 Å². The zero-order valence-electron chi connectivity index (χ0n) is 14.6. The first-order chi connectivity index (χ1) is 9.74. The molecule has 21 heavy (non-hydrogen) atoms. The van der Waals surface area contributed by atoms with Crippen LogP contribution in [-0.4, -0.2) is 43.0 Å². The fourth-order valence-corrected chi connectivity index (χ4v) is 3.24. The van der Waals surface area contributed by atoms with E-state index >= 15 is 0 Å². The van der Waals surface area contributed by atoms with E-state index in [4.69, 9.17) is 5.73 Å². The molecule has 3 unspecified atom stereocenters. The summed E-state index contributed by atoms with van der Waals surface area (Å²) in [6, 6.07) is 0.912. The summed E-state index contributed by atoms with van der Waals surface area (Å²) < 4.78 is 0. The van der Waals surface area contributed by atoms with E-state index in [1.54, 1.807) is 0 Å². The summed E-state index contributed by atoms with van der Waals surface area (Å²) in [6.07, 6.45) is 4.70. The smallest absolute Gasteiger partial charge is 0.220 e. The monoisotopic (exact) mass is 297 g/mol. The van der Waals surface area contributed by atoms with Crippen LogP contribution in [0.15, 0.2) is 0 Å². The predicted octanol–water partition coefficient (Wildman–Crippen LogP) is 2.38. The van der Waals surface area contributed by atoms with Crippen molar-refractivity contribution < 1.29 is 4.79 Å². The Bertz CT molecular complexity index is 324. The third-order valence-electron chi connectivity index (χ3n) is 5.03. The van der Waals surface area contributed by atoms with Crippen molar-refractivity contribution >= 4 is 5.91 Å². The highest BCUT2D eigenvalue weighted by Gasteiger charge is 2.26. The van der Waals surface area contributed by atoms with Gasteiger partial charge in [-0.3, -0.25) is 4.79 Å². The molecular weight excluding hydrogens is 262 g/mol. The summed E-state index contributed by atoms with van der Waals surface area (Å²) in [6.45, 7) is 10.7. The highest BCUT2D eigenvalue weighted by Crippen LogP contribution is 2.32. The number of hydrogen-bond donors (Lipinski definition) is 2. The van der Waals surface area contributed by atoms with Crippen molar-refractivity contribution in [1.82, 2.24) is 10.2 Å². The predicted molar refractivity (Wildman–Crippen MR) is 89.1 cm³/mol. The number of amides is 1. The molecule has 0 radical (unpaired) electrons. The van der Waals surface area contributed by atoms with Crippen LogP contribution < -0.4 is 11.1 Å². The molecule has 0 aromatic heterocycles. The van der Waals surface area contributed by atoms with E-state index in [9.17, 15) is 4.79 Å². The number of rotatable bonds is 6. The van der Waals surface area contributed by atoms with Gasteiger partial charge in [0, 0.05) is 25.0 Å². The van der Waals surface area contributed by atoms with E-state index in [1.807, 2.05) is 0 Å². The Hall–Kier alpha value is -0.610. The number of carbonyl (C=O) groups is 1. The molecule has 0 aromatic carbocycles. The minimum atomic E-state index is 0.211. The normalized spacial score (nSPS) is 25.6. The molecule has 1 amide bonds. The van der Waals surface area contributed by atoms with Gasteiger partial charge in [0.1, 0.15) is 0 Å². The number of nitrogens with two attached hydrogens (primary N) is 1. The van der Waals surface area contributed by atoms with E-state index in [-0.39, 0.29) is 11.3 Å². The zero-order chi connectivity index (χ0) is 16.0. The van der Waals surface area contributed by atoms with Crippen LogP contribution >= 0.6 is 0 Å². The Labute approximate surface area is 130 Å². The van der Waals surface area contributed by atoms with Crippen molar-refractivity contribution in [3.05, 3.63) is 0 Å². The number of likely N-dealkylation sites (tertiary alicyclic amines) is 1. The molecule has 3 atom stereocenters. The van der Waals surface area contributed by atoms with E-state index in [0.717, 1.165) is 32.2 Å². The molecule has 1 heterocycles. The maximum atomic E-state index is 12.2. The first-order valence-corrected chi connectivity index (χ1v) is 8.43. The first kappa shape index (κ1) is 18.4. The second-order valence-electron chi connectivity index (χ2n) is 7.80. The van der Waals surface area contributed by atoms with Gasteiger partial charge < -0.3 is 16.0 Å². The lowest BCUT2D eigenvalue weighted by Crippen LogP contribution is -2.47. The lowest BCUT2D eigenvalue weighted by atomic mass is 9.76. The molecule has 0 aromatic rings. The van der Waals surface area contributed by atoms with Crippen LogP contribution in [0.1, 0.15) is 59.8 Å². The largest absolute Gasteiger partial charge is 0.353 e. The van der Waals surface area contributed by atoms with Gasteiger partial charge in [0.2, 0.25) is 5.91 Å². The second-order valence-corrected chi connectivity index (χ2v) is 7.80. The van der Waals surface area contributed by atoms with E-state index in [1.165, 1.54) is 0 Å². The molecule has 1 aliphatic rings. The molecule has 0 bridgehead atoms. The quantitative estimate of drug-likeness (QED) is 0.791. The Morgan fingerprint density at radius 2 is 2.05 bits per heavy atom. The highest BCUT2D eigenvalue weighted by atomic mass is 16.1. The number of nitrogens with zero attached hydrogens (tertiary/aromatic N) is 1. The minimum absolute atomic E-state index is 0.211. The van der Waals surface area contributed by atoms with Crippen LogP contribution in [0.2, 0.25) is 0 Å². The second kappa shape index (κ2) is 8.14. The summed E-state index contributed by atoms with van der Waals surface area (Å²) >= 11 is 0.